The molecule has 1 aromatic carbocycles. The molecule has 32 heavy (non-hydrogen) atoms. The van der Waals surface area contributed by atoms with Gasteiger partial charge in [-0.1, -0.05) is 85.7 Å². The van der Waals surface area contributed by atoms with Gasteiger partial charge in [-0.2, -0.15) is 0 Å². The Morgan fingerprint density at radius 3 is 1.91 bits per heavy atom. The van der Waals surface area contributed by atoms with E-state index in [-0.39, 0.29) is 23.0 Å². The van der Waals surface area contributed by atoms with Gasteiger partial charge in [-0.3, -0.25) is 14.9 Å². The first-order valence-corrected chi connectivity index (χ1v) is 10.7. The highest BCUT2D eigenvalue weighted by atomic mass is 16.6. The number of amides is 1. The Kier molecular flexibility index (Phi) is 6.74. The van der Waals surface area contributed by atoms with Crippen LogP contribution in [-0.2, 0) is 10.2 Å². The largest absolute Gasteiger partial charge is 0.353 e. The van der Waals surface area contributed by atoms with E-state index in [2.05, 4.69) is 5.16 Å². The molecule has 0 fully saturated rings. The lowest BCUT2D eigenvalue weighted by molar-refractivity contribution is -0.386. The second-order valence-electron chi connectivity index (χ2n) is 11.2. The third-order valence-electron chi connectivity index (χ3n) is 5.18. The number of carbonyl (C=O) groups is 1. The van der Waals surface area contributed by atoms with Crippen molar-refractivity contribution in [2.75, 3.05) is 11.9 Å². The van der Waals surface area contributed by atoms with Crippen LogP contribution in [0.15, 0.2) is 40.4 Å². The molecular weight excluding hydrogens is 406 g/mol. The number of hydrogen-bond acceptors (Lipinski definition) is 5. The predicted molar refractivity (Wildman–Crippen MR) is 128 cm³/mol. The topological polar surface area (TPSA) is 89.5 Å². The fourth-order valence-corrected chi connectivity index (χ4v) is 3.70. The second kappa shape index (κ2) is 8.52. The number of carbonyl (C=O) groups excluding carboxylic acids is 1. The summed E-state index contributed by atoms with van der Waals surface area (Å²) in [5.41, 5.74) is -0.200. The van der Waals surface area contributed by atoms with Gasteiger partial charge in [0.15, 0.2) is 5.69 Å². The van der Waals surface area contributed by atoms with Crippen LogP contribution in [0.25, 0.3) is 5.57 Å². The highest BCUT2D eigenvalue weighted by molar-refractivity contribution is 6.11. The lowest BCUT2D eigenvalue weighted by Crippen LogP contribution is -2.35. The van der Waals surface area contributed by atoms with Gasteiger partial charge in [0.25, 0.3) is 5.91 Å². The summed E-state index contributed by atoms with van der Waals surface area (Å²) in [6.07, 6.45) is 0. The Morgan fingerprint density at radius 2 is 1.50 bits per heavy atom. The van der Waals surface area contributed by atoms with E-state index >= 15 is 0 Å². The molecular formula is C25H35N3O4. The molecule has 7 nitrogen and oxygen atoms in total. The van der Waals surface area contributed by atoms with Gasteiger partial charge in [-0.05, 0) is 23.0 Å². The van der Waals surface area contributed by atoms with Gasteiger partial charge in [-0.15, -0.1) is 0 Å². The van der Waals surface area contributed by atoms with Crippen LogP contribution in [0.4, 0.5) is 11.4 Å². The van der Waals surface area contributed by atoms with Crippen LogP contribution in [-0.4, -0.2) is 23.0 Å². The number of nitro groups is 1. The van der Waals surface area contributed by atoms with Gasteiger partial charge in [0, 0.05) is 29.3 Å². The quantitative estimate of drug-likeness (QED) is 0.311. The molecule has 0 N–H and O–H groups in total. The SMILES string of the molecule is CN(C(=O)/C(=C(\c1noc(C(C)(C)C)c1[N+](=O)[O-])C(C)(C)C)C(C)(C)C)c1ccccc1. The van der Waals surface area contributed by atoms with Crippen molar-refractivity contribution < 1.29 is 14.2 Å². The number of hydrogen-bond donors (Lipinski definition) is 0. The maximum absolute atomic E-state index is 13.9. The average Bonchev–Trinajstić information content (AvgIpc) is 3.08. The van der Waals surface area contributed by atoms with Crippen molar-refractivity contribution >= 4 is 22.9 Å². The van der Waals surface area contributed by atoms with E-state index in [1.54, 1.807) is 11.9 Å². The molecule has 0 aliphatic carbocycles. The van der Waals surface area contributed by atoms with Crippen LogP contribution in [0, 0.1) is 20.9 Å². The minimum Gasteiger partial charge on any atom is -0.353 e. The first-order valence-electron chi connectivity index (χ1n) is 10.7. The smallest absolute Gasteiger partial charge is 0.339 e. The molecule has 0 saturated heterocycles. The van der Waals surface area contributed by atoms with E-state index in [1.165, 1.54) is 0 Å². The van der Waals surface area contributed by atoms with Gasteiger partial charge >= 0.3 is 5.69 Å². The summed E-state index contributed by atoms with van der Waals surface area (Å²) >= 11 is 0. The van der Waals surface area contributed by atoms with Crippen molar-refractivity contribution in [1.82, 2.24) is 5.16 Å². The first kappa shape index (κ1) is 25.3. The van der Waals surface area contributed by atoms with E-state index in [1.807, 2.05) is 92.6 Å². The van der Waals surface area contributed by atoms with Gasteiger partial charge in [0.1, 0.15) is 0 Å². The Hall–Kier alpha value is -2.96. The van der Waals surface area contributed by atoms with Crippen LogP contribution in [0.3, 0.4) is 0 Å². The summed E-state index contributed by atoms with van der Waals surface area (Å²) in [6, 6.07) is 9.32. The zero-order valence-corrected chi connectivity index (χ0v) is 20.9. The molecule has 0 aliphatic rings. The zero-order chi connectivity index (χ0) is 24.6. The molecule has 1 heterocycles. The number of para-hydroxylation sites is 1. The molecule has 174 valence electrons. The number of aromatic nitrogens is 1. The Bertz CT molecular complexity index is 1030. The maximum atomic E-state index is 13.9. The standard InChI is InChI=1S/C25H35N3O4/c1-23(2,3)17(19-20(28(30)31)21(32-26-19)25(7,8)9)18(24(4,5)6)22(29)27(10)16-14-12-11-13-15-16/h11-15H,1-10H3/b18-17-. The Morgan fingerprint density at radius 1 is 0.969 bits per heavy atom. The van der Waals surface area contributed by atoms with E-state index in [0.717, 1.165) is 5.69 Å². The molecule has 0 spiro atoms. The molecule has 7 heteroatoms. The minimum atomic E-state index is -0.622. The molecule has 0 bridgehead atoms. The number of likely N-dealkylation sites (N-methyl/N-ethyl adjacent to an activating group) is 1. The molecule has 2 rings (SSSR count). The lowest BCUT2D eigenvalue weighted by atomic mass is 9.72. The molecule has 1 aromatic heterocycles. The van der Waals surface area contributed by atoms with Crippen molar-refractivity contribution in [3.63, 3.8) is 0 Å². The van der Waals surface area contributed by atoms with Crippen LogP contribution in [0.1, 0.15) is 73.8 Å². The van der Waals surface area contributed by atoms with E-state index in [0.29, 0.717) is 11.1 Å². The fraction of sp³-hybridized carbons (Fsp3) is 0.520. The molecule has 0 atom stereocenters. The van der Waals surface area contributed by atoms with Gasteiger partial charge < -0.3 is 9.42 Å². The number of allylic oxidation sites excluding steroid dienone is 1. The van der Waals surface area contributed by atoms with E-state index in [4.69, 9.17) is 4.52 Å². The first-order chi connectivity index (χ1) is 14.5. The van der Waals surface area contributed by atoms with Crippen molar-refractivity contribution in [2.24, 2.45) is 10.8 Å². The fourth-order valence-electron chi connectivity index (χ4n) is 3.70. The van der Waals surface area contributed by atoms with Crippen LogP contribution in [0.2, 0.25) is 0 Å². The summed E-state index contributed by atoms with van der Waals surface area (Å²) in [6.45, 7) is 17.1. The van der Waals surface area contributed by atoms with Gasteiger partial charge in [0.2, 0.25) is 5.76 Å². The normalized spacial score (nSPS) is 13.6. The number of anilines is 1. The molecule has 0 saturated carbocycles. The number of benzene rings is 1. The summed E-state index contributed by atoms with van der Waals surface area (Å²) in [5.74, 6) is -0.0420. The number of nitrogens with zero attached hydrogens (tertiary/aromatic N) is 3. The van der Waals surface area contributed by atoms with Crippen LogP contribution >= 0.6 is 0 Å². The minimum absolute atomic E-state index is 0.118. The van der Waals surface area contributed by atoms with Gasteiger partial charge in [0.05, 0.1) is 4.92 Å². The van der Waals surface area contributed by atoms with Crippen LogP contribution < -0.4 is 4.90 Å². The summed E-state index contributed by atoms with van der Waals surface area (Å²) < 4.78 is 5.53. The molecule has 2 aromatic rings. The average molecular weight is 442 g/mol. The van der Waals surface area contributed by atoms with Crippen molar-refractivity contribution in [3.8, 4) is 0 Å². The van der Waals surface area contributed by atoms with Crippen molar-refractivity contribution in [3.05, 3.63) is 57.5 Å². The summed E-state index contributed by atoms with van der Waals surface area (Å²) in [4.78, 5) is 27.2. The van der Waals surface area contributed by atoms with E-state index in [9.17, 15) is 14.9 Å². The molecule has 0 unspecified atom stereocenters. The summed E-state index contributed by atoms with van der Waals surface area (Å²) in [7, 11) is 1.71. The third-order valence-corrected chi connectivity index (χ3v) is 5.18. The highest BCUT2D eigenvalue weighted by Crippen LogP contribution is 2.47. The van der Waals surface area contributed by atoms with Crippen molar-refractivity contribution in [2.45, 2.75) is 67.7 Å². The second-order valence-corrected chi connectivity index (χ2v) is 11.2. The Labute approximate surface area is 190 Å². The monoisotopic (exact) mass is 441 g/mol. The van der Waals surface area contributed by atoms with E-state index < -0.39 is 21.2 Å². The zero-order valence-electron chi connectivity index (χ0n) is 20.9. The van der Waals surface area contributed by atoms with Crippen LogP contribution in [0.5, 0.6) is 0 Å². The maximum Gasteiger partial charge on any atom is 0.339 e. The highest BCUT2D eigenvalue weighted by Gasteiger charge is 2.43. The third kappa shape index (κ3) is 5.09. The molecule has 1 amide bonds. The lowest BCUT2D eigenvalue weighted by Gasteiger charge is -2.33. The van der Waals surface area contributed by atoms with Crippen molar-refractivity contribution in [1.29, 1.82) is 0 Å². The summed E-state index contributed by atoms with van der Waals surface area (Å²) in [5, 5.41) is 16.3. The molecule has 0 radical (unpaired) electrons. The number of rotatable bonds is 4. The molecule has 0 aliphatic heterocycles. The predicted octanol–water partition coefficient (Wildman–Crippen LogP) is 6.39. The van der Waals surface area contributed by atoms with Gasteiger partial charge in [-0.25, -0.2) is 0 Å². The Balaban J connectivity index is 2.94.